The minimum atomic E-state index is 0.787. The van der Waals surface area contributed by atoms with Crippen LogP contribution in [0.15, 0.2) is 48.5 Å². The summed E-state index contributed by atoms with van der Waals surface area (Å²) in [6.45, 7) is 4.68. The molecular formula is C27H38. The molecule has 0 saturated heterocycles. The number of rotatable bonds is 9. The van der Waals surface area contributed by atoms with Crippen LogP contribution in [-0.2, 0) is 6.42 Å². The quantitative estimate of drug-likeness (QED) is 0.392. The van der Waals surface area contributed by atoms with E-state index in [0.29, 0.717) is 0 Å². The molecule has 3 rings (SSSR count). The van der Waals surface area contributed by atoms with Gasteiger partial charge < -0.3 is 0 Å². The molecule has 0 aromatic heterocycles. The van der Waals surface area contributed by atoms with Gasteiger partial charge in [-0.25, -0.2) is 0 Å². The van der Waals surface area contributed by atoms with Crippen molar-refractivity contribution in [3.63, 3.8) is 0 Å². The highest BCUT2D eigenvalue weighted by Gasteiger charge is 2.19. The van der Waals surface area contributed by atoms with Crippen molar-refractivity contribution in [3.8, 4) is 11.1 Å². The lowest BCUT2D eigenvalue weighted by Crippen LogP contribution is -2.10. The molecule has 0 unspecified atom stereocenters. The Labute approximate surface area is 167 Å². The van der Waals surface area contributed by atoms with Crippen LogP contribution in [0.5, 0.6) is 0 Å². The van der Waals surface area contributed by atoms with E-state index in [0.717, 1.165) is 11.8 Å². The average molecular weight is 363 g/mol. The van der Waals surface area contributed by atoms with E-state index in [1.165, 1.54) is 87.3 Å². The largest absolute Gasteiger partial charge is 0.0654 e. The van der Waals surface area contributed by atoms with Crippen LogP contribution >= 0.6 is 0 Å². The second-order valence-electron chi connectivity index (χ2n) is 8.79. The maximum atomic E-state index is 2.40. The smallest absolute Gasteiger partial charge is 0.0162 e. The summed E-state index contributed by atoms with van der Waals surface area (Å²) in [4.78, 5) is 0. The molecule has 1 saturated carbocycles. The molecule has 2 aromatic rings. The lowest BCUT2D eigenvalue weighted by Gasteiger charge is -2.26. The van der Waals surface area contributed by atoms with Crippen LogP contribution in [0.4, 0.5) is 0 Å². The third-order valence-electron chi connectivity index (χ3n) is 6.50. The first-order valence-electron chi connectivity index (χ1n) is 11.5. The van der Waals surface area contributed by atoms with Crippen molar-refractivity contribution in [1.29, 1.82) is 0 Å². The molecular weight excluding hydrogens is 324 g/mol. The van der Waals surface area contributed by atoms with Gasteiger partial charge in [0.2, 0.25) is 0 Å². The van der Waals surface area contributed by atoms with Crippen LogP contribution in [0.3, 0.4) is 0 Å². The molecule has 1 aliphatic carbocycles. The van der Waals surface area contributed by atoms with Gasteiger partial charge in [0.05, 0.1) is 0 Å². The van der Waals surface area contributed by atoms with Gasteiger partial charge in [0, 0.05) is 0 Å². The molecule has 0 N–H and O–H groups in total. The molecule has 0 heteroatoms. The zero-order valence-electron chi connectivity index (χ0n) is 17.6. The van der Waals surface area contributed by atoms with Crippen LogP contribution in [0, 0.1) is 5.92 Å². The predicted octanol–water partition coefficient (Wildman–Crippen LogP) is 8.55. The highest BCUT2D eigenvalue weighted by molar-refractivity contribution is 5.64. The van der Waals surface area contributed by atoms with Gasteiger partial charge >= 0.3 is 0 Å². The third kappa shape index (κ3) is 6.23. The second-order valence-corrected chi connectivity index (χ2v) is 8.79. The first kappa shape index (κ1) is 20.2. The molecule has 1 fully saturated rings. The van der Waals surface area contributed by atoms with Gasteiger partial charge in [-0.3, -0.25) is 0 Å². The zero-order chi connectivity index (χ0) is 18.9. The van der Waals surface area contributed by atoms with E-state index < -0.39 is 0 Å². The van der Waals surface area contributed by atoms with Crippen molar-refractivity contribution in [2.45, 2.75) is 90.4 Å². The predicted molar refractivity (Wildman–Crippen MR) is 119 cm³/mol. The molecule has 146 valence electrons. The molecule has 0 spiro atoms. The summed E-state index contributed by atoms with van der Waals surface area (Å²) in [5.74, 6) is 1.71. The fraction of sp³-hybridized carbons (Fsp3) is 0.556. The fourth-order valence-electron chi connectivity index (χ4n) is 4.51. The summed E-state index contributed by atoms with van der Waals surface area (Å²) in [5.41, 5.74) is 5.74. The molecule has 0 amide bonds. The Morgan fingerprint density at radius 3 is 1.85 bits per heavy atom. The topological polar surface area (TPSA) is 0 Å². The highest BCUT2D eigenvalue weighted by Crippen LogP contribution is 2.36. The van der Waals surface area contributed by atoms with E-state index in [1.54, 1.807) is 5.56 Å². The van der Waals surface area contributed by atoms with Gasteiger partial charge in [-0.1, -0.05) is 107 Å². The van der Waals surface area contributed by atoms with Crippen LogP contribution in [0.2, 0.25) is 0 Å². The zero-order valence-corrected chi connectivity index (χ0v) is 17.6. The summed E-state index contributed by atoms with van der Waals surface area (Å²) in [6.07, 6.45) is 15.0. The fourth-order valence-corrected chi connectivity index (χ4v) is 4.51. The average Bonchev–Trinajstić information content (AvgIpc) is 2.72. The van der Waals surface area contributed by atoms with Crippen molar-refractivity contribution in [2.24, 2.45) is 5.92 Å². The van der Waals surface area contributed by atoms with E-state index >= 15 is 0 Å². The van der Waals surface area contributed by atoms with Gasteiger partial charge in [0.25, 0.3) is 0 Å². The van der Waals surface area contributed by atoms with E-state index in [9.17, 15) is 0 Å². The van der Waals surface area contributed by atoms with E-state index in [2.05, 4.69) is 62.4 Å². The summed E-state index contributed by atoms with van der Waals surface area (Å²) in [5, 5.41) is 0. The van der Waals surface area contributed by atoms with Crippen LogP contribution in [-0.4, -0.2) is 0 Å². The monoisotopic (exact) mass is 362 g/mol. The summed E-state index contributed by atoms with van der Waals surface area (Å²) in [7, 11) is 0. The molecule has 27 heavy (non-hydrogen) atoms. The Hall–Kier alpha value is -1.56. The van der Waals surface area contributed by atoms with Gasteiger partial charge in [0.15, 0.2) is 0 Å². The van der Waals surface area contributed by atoms with Gasteiger partial charge in [-0.2, -0.15) is 0 Å². The molecule has 0 aliphatic heterocycles. The van der Waals surface area contributed by atoms with Gasteiger partial charge in [-0.05, 0) is 59.8 Å². The van der Waals surface area contributed by atoms with Crippen LogP contribution < -0.4 is 0 Å². The maximum absolute atomic E-state index is 2.40. The first-order chi connectivity index (χ1) is 13.3. The van der Waals surface area contributed by atoms with Crippen molar-refractivity contribution in [1.82, 2.24) is 0 Å². The Morgan fingerprint density at radius 1 is 0.667 bits per heavy atom. The SMILES string of the molecule is CCCCCCCCc1ccc(-c2ccc(C3CCC(C)CC3)cc2)cc1. The summed E-state index contributed by atoms with van der Waals surface area (Å²) in [6, 6.07) is 18.7. The number of hydrogen-bond donors (Lipinski definition) is 0. The molecule has 0 bridgehead atoms. The number of unbranched alkanes of at least 4 members (excludes halogenated alkanes) is 5. The second kappa shape index (κ2) is 10.7. The standard InChI is InChI=1S/C27H38/c1-3-4-5-6-7-8-9-23-12-16-25(17-13-23)27-20-18-26(19-21-27)24-14-10-22(2)11-15-24/h12-13,16-22,24H,3-11,14-15H2,1-2H3. The van der Waals surface area contributed by atoms with Crippen molar-refractivity contribution in [3.05, 3.63) is 59.7 Å². The Morgan fingerprint density at radius 2 is 1.22 bits per heavy atom. The normalized spacial score (nSPS) is 19.9. The van der Waals surface area contributed by atoms with Crippen molar-refractivity contribution >= 4 is 0 Å². The summed E-state index contributed by atoms with van der Waals surface area (Å²) >= 11 is 0. The molecule has 0 radical (unpaired) electrons. The Balaban J connectivity index is 1.49. The molecule has 0 heterocycles. The first-order valence-corrected chi connectivity index (χ1v) is 11.5. The van der Waals surface area contributed by atoms with Crippen molar-refractivity contribution in [2.75, 3.05) is 0 Å². The van der Waals surface area contributed by atoms with Crippen molar-refractivity contribution < 1.29 is 0 Å². The molecule has 1 aliphatic rings. The van der Waals surface area contributed by atoms with Gasteiger partial charge in [0.1, 0.15) is 0 Å². The maximum Gasteiger partial charge on any atom is -0.0162 e. The lowest BCUT2D eigenvalue weighted by atomic mass is 9.79. The van der Waals surface area contributed by atoms with E-state index in [1.807, 2.05) is 0 Å². The number of benzene rings is 2. The highest BCUT2D eigenvalue weighted by atomic mass is 14.2. The molecule has 2 aromatic carbocycles. The lowest BCUT2D eigenvalue weighted by molar-refractivity contribution is 0.348. The third-order valence-corrected chi connectivity index (χ3v) is 6.50. The van der Waals surface area contributed by atoms with Crippen LogP contribution in [0.25, 0.3) is 11.1 Å². The Bertz CT molecular complexity index is 641. The van der Waals surface area contributed by atoms with E-state index in [-0.39, 0.29) is 0 Å². The minimum Gasteiger partial charge on any atom is -0.0654 e. The molecule has 0 atom stereocenters. The minimum absolute atomic E-state index is 0.787. The molecule has 0 nitrogen and oxygen atoms in total. The van der Waals surface area contributed by atoms with Gasteiger partial charge in [-0.15, -0.1) is 0 Å². The number of hydrogen-bond acceptors (Lipinski definition) is 0. The van der Waals surface area contributed by atoms with E-state index in [4.69, 9.17) is 0 Å². The Kier molecular flexibility index (Phi) is 7.99. The van der Waals surface area contributed by atoms with Crippen LogP contribution in [0.1, 0.15) is 95.1 Å². The summed E-state index contributed by atoms with van der Waals surface area (Å²) < 4.78 is 0. The number of aryl methyl sites for hydroxylation is 1.